The zero-order valence-corrected chi connectivity index (χ0v) is 11.6. The molecule has 0 radical (unpaired) electrons. The molecule has 0 unspecified atom stereocenters. The molecule has 0 heterocycles. The minimum atomic E-state index is -0.617. The molecule has 0 aliphatic carbocycles. The molecule has 0 aromatic heterocycles. The second kappa shape index (κ2) is 5.70. The first-order valence-electron chi connectivity index (χ1n) is 5.15. The van der Waals surface area contributed by atoms with Gasteiger partial charge >= 0.3 is 121 Å². The van der Waals surface area contributed by atoms with E-state index in [9.17, 15) is 8.78 Å². The zero-order chi connectivity index (χ0) is 13.1. The van der Waals surface area contributed by atoms with E-state index in [4.69, 9.17) is 12.2 Å². The third kappa shape index (κ3) is 2.83. The van der Waals surface area contributed by atoms with Crippen LogP contribution in [0.25, 0.3) is 0 Å². The van der Waals surface area contributed by atoms with E-state index in [2.05, 4.69) is 5.32 Å². The van der Waals surface area contributed by atoms with E-state index in [-0.39, 0.29) is 9.56 Å². The Balaban J connectivity index is 2.26. The summed E-state index contributed by atoms with van der Waals surface area (Å²) in [7, 11) is 0. The average molecular weight is 296 g/mol. The molecular weight excluding hydrogens is 288 g/mol. The molecule has 0 aliphatic rings. The van der Waals surface area contributed by atoms with Crippen molar-refractivity contribution in [1.29, 1.82) is 0 Å². The quantitative estimate of drug-likeness (QED) is 0.675. The van der Waals surface area contributed by atoms with Gasteiger partial charge in [0.15, 0.2) is 0 Å². The summed E-state index contributed by atoms with van der Waals surface area (Å²) >= 11 is 6.56. The summed E-state index contributed by atoms with van der Waals surface area (Å²) in [5, 5.41) is 2.78. The summed E-state index contributed by atoms with van der Waals surface area (Å²) in [4.78, 5) is 0.403. The van der Waals surface area contributed by atoms with Gasteiger partial charge in [-0.3, -0.25) is 0 Å². The van der Waals surface area contributed by atoms with Crippen LogP contribution in [0.5, 0.6) is 0 Å². The summed E-state index contributed by atoms with van der Waals surface area (Å²) < 4.78 is 26.9. The Kier molecular flexibility index (Phi) is 4.22. The average Bonchev–Trinajstić information content (AvgIpc) is 2.40. The van der Waals surface area contributed by atoms with Crippen LogP contribution in [0.4, 0.5) is 14.5 Å². The van der Waals surface area contributed by atoms with Gasteiger partial charge in [-0.2, -0.15) is 0 Å². The molecule has 0 spiro atoms. The van der Waals surface area contributed by atoms with Crippen LogP contribution >= 0.6 is 12.2 Å². The number of benzene rings is 2. The van der Waals surface area contributed by atoms with Crippen LogP contribution in [0.15, 0.2) is 42.5 Å². The standard InChI is InChI=1S/C13H8F2NS.Ti/c14-10-6-7-12(11(15)8-10)16-13(17)9-4-2-1-3-5-9;/h1-7H,(H,16,17);. The van der Waals surface area contributed by atoms with Gasteiger partial charge in [0.1, 0.15) is 0 Å². The molecule has 0 saturated carbocycles. The van der Waals surface area contributed by atoms with E-state index >= 15 is 0 Å². The number of nitrogens with one attached hydrogen (secondary N) is 1. The van der Waals surface area contributed by atoms with Gasteiger partial charge < -0.3 is 0 Å². The summed E-state index contributed by atoms with van der Waals surface area (Å²) in [6, 6.07) is 11.8. The SMILES string of the molecule is Fc1ccc(NC(=S)c2ccccc2)c(F)[c]1[Ti]. The van der Waals surface area contributed by atoms with Gasteiger partial charge in [-0.1, -0.05) is 0 Å². The molecule has 2 rings (SSSR count). The van der Waals surface area contributed by atoms with Crippen LogP contribution in [-0.2, 0) is 20.4 Å². The van der Waals surface area contributed by atoms with Crippen molar-refractivity contribution in [2.75, 3.05) is 5.32 Å². The third-order valence-corrected chi connectivity index (χ3v) is 3.43. The van der Waals surface area contributed by atoms with Crippen LogP contribution in [0.2, 0.25) is 0 Å². The second-order valence-electron chi connectivity index (χ2n) is 3.60. The minimum absolute atomic E-state index is 0.0177. The van der Waals surface area contributed by atoms with E-state index in [1.165, 1.54) is 32.6 Å². The van der Waals surface area contributed by atoms with Crippen LogP contribution in [0.1, 0.15) is 5.56 Å². The topological polar surface area (TPSA) is 12.0 Å². The summed E-state index contributed by atoms with van der Waals surface area (Å²) in [6.45, 7) is 0. The van der Waals surface area contributed by atoms with Gasteiger partial charge in [0, 0.05) is 0 Å². The molecule has 0 saturated heterocycles. The Morgan fingerprint density at radius 1 is 1.06 bits per heavy atom. The van der Waals surface area contributed by atoms with E-state index in [0.717, 1.165) is 5.56 Å². The van der Waals surface area contributed by atoms with Crippen LogP contribution < -0.4 is 9.18 Å². The number of halogens is 2. The molecule has 0 amide bonds. The van der Waals surface area contributed by atoms with Gasteiger partial charge in [0.05, 0.1) is 0 Å². The number of anilines is 1. The third-order valence-electron chi connectivity index (χ3n) is 2.38. The second-order valence-corrected chi connectivity index (χ2v) is 4.79. The summed E-state index contributed by atoms with van der Waals surface area (Å²) in [6.07, 6.45) is 0. The fourth-order valence-electron chi connectivity index (χ4n) is 1.43. The molecule has 0 fully saturated rings. The predicted octanol–water partition coefficient (Wildman–Crippen LogP) is 2.92. The number of rotatable bonds is 2. The molecule has 1 nitrogen and oxygen atoms in total. The molecule has 18 heavy (non-hydrogen) atoms. The van der Waals surface area contributed by atoms with E-state index in [1.54, 1.807) is 0 Å². The molecule has 0 atom stereocenters. The Bertz CT molecular complexity index is 587. The van der Waals surface area contributed by atoms with Crippen molar-refractivity contribution >= 4 is 26.8 Å². The van der Waals surface area contributed by atoms with Crippen molar-refractivity contribution in [2.45, 2.75) is 0 Å². The van der Waals surface area contributed by atoms with Crippen molar-refractivity contribution in [3.63, 3.8) is 0 Å². The monoisotopic (exact) mass is 296 g/mol. The number of hydrogen-bond donors (Lipinski definition) is 1. The molecule has 1 N–H and O–H groups in total. The van der Waals surface area contributed by atoms with Crippen molar-refractivity contribution < 1.29 is 29.2 Å². The van der Waals surface area contributed by atoms with Gasteiger partial charge in [0.2, 0.25) is 0 Å². The fraction of sp³-hybridized carbons (Fsp3) is 0. The van der Waals surface area contributed by atoms with Crippen molar-refractivity contribution in [3.05, 3.63) is 59.7 Å². The Morgan fingerprint density at radius 2 is 1.72 bits per heavy atom. The first kappa shape index (κ1) is 13.3. The summed E-state index contributed by atoms with van der Waals surface area (Å²) in [5.41, 5.74) is 0.969. The van der Waals surface area contributed by atoms with Gasteiger partial charge in [-0.25, -0.2) is 0 Å². The van der Waals surface area contributed by atoms with Crippen molar-refractivity contribution in [2.24, 2.45) is 0 Å². The van der Waals surface area contributed by atoms with Crippen LogP contribution in [-0.4, -0.2) is 4.99 Å². The Morgan fingerprint density at radius 3 is 2.39 bits per heavy atom. The van der Waals surface area contributed by atoms with E-state index in [1.807, 2.05) is 30.3 Å². The maximum absolute atomic E-state index is 13.8. The van der Waals surface area contributed by atoms with E-state index < -0.39 is 11.6 Å². The van der Waals surface area contributed by atoms with Gasteiger partial charge in [0.25, 0.3) is 0 Å². The molecule has 5 heteroatoms. The Labute approximate surface area is 121 Å². The van der Waals surface area contributed by atoms with E-state index in [0.29, 0.717) is 4.99 Å². The predicted molar refractivity (Wildman–Crippen MR) is 67.8 cm³/mol. The fourth-order valence-corrected chi connectivity index (χ4v) is 2.02. The van der Waals surface area contributed by atoms with Crippen molar-refractivity contribution in [1.82, 2.24) is 0 Å². The van der Waals surface area contributed by atoms with Gasteiger partial charge in [-0.15, -0.1) is 0 Å². The Hall–Kier alpha value is -1.10. The molecule has 0 bridgehead atoms. The summed E-state index contributed by atoms with van der Waals surface area (Å²) in [5.74, 6) is -1.18. The molecule has 0 aliphatic heterocycles. The first-order chi connectivity index (χ1) is 8.59. The molecule has 2 aromatic carbocycles. The van der Waals surface area contributed by atoms with Crippen molar-refractivity contribution in [3.8, 4) is 0 Å². The number of thiocarbonyl (C=S) groups is 1. The molecule has 2 aromatic rings. The van der Waals surface area contributed by atoms with Crippen LogP contribution in [0, 0.1) is 11.6 Å². The molecule has 89 valence electrons. The normalized spacial score (nSPS) is 10.1. The number of hydrogen-bond acceptors (Lipinski definition) is 1. The molecular formula is C13H8F2NSTi. The first-order valence-corrected chi connectivity index (χ1v) is 6.34. The van der Waals surface area contributed by atoms with Crippen LogP contribution in [0.3, 0.4) is 0 Å². The zero-order valence-electron chi connectivity index (χ0n) is 9.21. The maximum atomic E-state index is 13.8. The van der Waals surface area contributed by atoms with Gasteiger partial charge in [-0.05, 0) is 0 Å².